The molecule has 0 unspecified atom stereocenters. The summed E-state index contributed by atoms with van der Waals surface area (Å²) >= 11 is 8.98. The van der Waals surface area contributed by atoms with Crippen LogP contribution in [-0.4, -0.2) is 26.7 Å². The summed E-state index contributed by atoms with van der Waals surface area (Å²) < 4.78 is 1.51. The monoisotopic (exact) mass is 476 g/mol. The van der Waals surface area contributed by atoms with Crippen LogP contribution in [0.5, 0.6) is 0 Å². The number of aryl methyl sites for hydroxylation is 3. The Bertz CT molecular complexity index is 1270. The van der Waals surface area contributed by atoms with Crippen LogP contribution in [-0.2, 0) is 17.6 Å². The predicted molar refractivity (Wildman–Crippen MR) is 125 cm³/mol. The lowest BCUT2D eigenvalue weighted by Gasteiger charge is -2.16. The molecule has 1 aliphatic rings. The number of amides is 3. The minimum atomic E-state index is -0.922. The molecule has 10 heteroatoms. The minimum absolute atomic E-state index is 0.172. The van der Waals surface area contributed by atoms with E-state index < -0.39 is 17.2 Å². The molecule has 1 aromatic carbocycles. The number of urea groups is 1. The molecule has 3 amide bonds. The molecule has 3 N–H and O–H groups in total. The number of imide groups is 1. The van der Waals surface area contributed by atoms with Crippen LogP contribution in [0.2, 0.25) is 5.02 Å². The number of benzene rings is 1. The zero-order chi connectivity index (χ0) is 22.3. The zero-order valence-electron chi connectivity index (χ0n) is 17.0. The van der Waals surface area contributed by atoms with E-state index in [0.717, 1.165) is 48.6 Å². The third-order valence-corrected chi connectivity index (χ3v) is 7.91. The standard InChI is InChI=1S/C21H21ClN4O3S2/c1-10-7-8-12(9-14(10)22)26-19(28)16-13-5-3-4-6-15(13)31-18(16)25-21(26)30-11(2)17(27)24-20(23)29/h7-9,11H,3-6H2,1-2H3,(H3,23,24,27,29)/t11-/m0/s1. The Labute approximate surface area is 192 Å². The summed E-state index contributed by atoms with van der Waals surface area (Å²) in [7, 11) is 0. The van der Waals surface area contributed by atoms with Gasteiger partial charge in [-0.2, -0.15) is 0 Å². The van der Waals surface area contributed by atoms with Gasteiger partial charge in [0.25, 0.3) is 5.56 Å². The summed E-state index contributed by atoms with van der Waals surface area (Å²) in [6.07, 6.45) is 3.97. The molecule has 0 fully saturated rings. The number of thioether (sulfide) groups is 1. The Balaban J connectivity index is 1.90. The largest absolute Gasteiger partial charge is 0.351 e. The second-order valence-corrected chi connectivity index (χ2v) is 10.3. The van der Waals surface area contributed by atoms with Gasteiger partial charge in [-0.3, -0.25) is 19.5 Å². The minimum Gasteiger partial charge on any atom is -0.351 e. The number of aromatic nitrogens is 2. The maximum atomic E-state index is 13.7. The second-order valence-electron chi connectivity index (χ2n) is 7.47. The van der Waals surface area contributed by atoms with Crippen LogP contribution < -0.4 is 16.6 Å². The molecule has 2 aromatic heterocycles. The summed E-state index contributed by atoms with van der Waals surface area (Å²) in [5.41, 5.74) is 7.46. The molecular formula is C21H21ClN4O3S2. The first-order valence-corrected chi connectivity index (χ1v) is 11.9. The van der Waals surface area contributed by atoms with Gasteiger partial charge in [-0.15, -0.1) is 11.3 Å². The first-order valence-electron chi connectivity index (χ1n) is 9.87. The van der Waals surface area contributed by atoms with Crippen molar-refractivity contribution in [1.82, 2.24) is 14.9 Å². The Hall–Kier alpha value is -2.36. The van der Waals surface area contributed by atoms with Gasteiger partial charge in [0.2, 0.25) is 5.91 Å². The number of hydrogen-bond donors (Lipinski definition) is 2. The SMILES string of the molecule is Cc1ccc(-n2c(S[C@@H](C)C(=O)NC(N)=O)nc3sc4c(c3c2=O)CCCC4)cc1Cl. The van der Waals surface area contributed by atoms with Gasteiger partial charge in [0.05, 0.1) is 16.3 Å². The number of carbonyl (C=O) groups excluding carboxylic acids is 2. The first kappa shape index (κ1) is 21.9. The molecule has 0 bridgehead atoms. The Morgan fingerprint density at radius 3 is 2.77 bits per heavy atom. The Kier molecular flexibility index (Phi) is 6.09. The molecule has 4 rings (SSSR count). The van der Waals surface area contributed by atoms with E-state index in [2.05, 4.69) is 5.32 Å². The van der Waals surface area contributed by atoms with E-state index in [1.54, 1.807) is 24.3 Å². The number of nitrogens with two attached hydrogens (primary N) is 1. The molecule has 0 radical (unpaired) electrons. The van der Waals surface area contributed by atoms with Crippen LogP contribution in [0.15, 0.2) is 28.2 Å². The van der Waals surface area contributed by atoms with E-state index in [1.165, 1.54) is 9.44 Å². The van der Waals surface area contributed by atoms with Crippen molar-refractivity contribution < 1.29 is 9.59 Å². The molecule has 3 aromatic rings. The maximum absolute atomic E-state index is 13.7. The number of halogens is 1. The molecule has 7 nitrogen and oxygen atoms in total. The van der Waals surface area contributed by atoms with Crippen molar-refractivity contribution in [2.45, 2.75) is 49.9 Å². The second kappa shape index (κ2) is 8.64. The van der Waals surface area contributed by atoms with Gasteiger partial charge in [-0.25, -0.2) is 9.78 Å². The van der Waals surface area contributed by atoms with E-state index in [-0.39, 0.29) is 5.56 Å². The lowest BCUT2D eigenvalue weighted by atomic mass is 9.97. The average molecular weight is 477 g/mol. The highest BCUT2D eigenvalue weighted by Gasteiger charge is 2.25. The van der Waals surface area contributed by atoms with E-state index >= 15 is 0 Å². The molecule has 2 heterocycles. The number of fused-ring (bicyclic) bond motifs is 3. The number of rotatable bonds is 4. The molecule has 31 heavy (non-hydrogen) atoms. The van der Waals surface area contributed by atoms with Crippen molar-refractivity contribution in [2.24, 2.45) is 5.73 Å². The molecule has 162 valence electrons. The summed E-state index contributed by atoms with van der Waals surface area (Å²) in [5, 5.41) is 2.93. The number of carbonyl (C=O) groups is 2. The van der Waals surface area contributed by atoms with Gasteiger partial charge < -0.3 is 5.73 Å². The van der Waals surface area contributed by atoms with Gasteiger partial charge in [0.15, 0.2) is 5.16 Å². The quantitative estimate of drug-likeness (QED) is 0.437. The highest BCUT2D eigenvalue weighted by molar-refractivity contribution is 8.00. The molecule has 0 spiro atoms. The fraction of sp³-hybridized carbons (Fsp3) is 0.333. The first-order chi connectivity index (χ1) is 14.8. The van der Waals surface area contributed by atoms with Gasteiger partial charge in [0, 0.05) is 9.90 Å². The number of nitrogens with zero attached hydrogens (tertiary/aromatic N) is 2. The van der Waals surface area contributed by atoms with Crippen molar-refractivity contribution in [3.05, 3.63) is 49.6 Å². The van der Waals surface area contributed by atoms with Crippen LogP contribution in [0.3, 0.4) is 0 Å². The highest BCUT2D eigenvalue weighted by Crippen LogP contribution is 2.36. The van der Waals surface area contributed by atoms with E-state index in [0.29, 0.717) is 26.1 Å². The van der Waals surface area contributed by atoms with Crippen LogP contribution in [0.25, 0.3) is 15.9 Å². The van der Waals surface area contributed by atoms with Gasteiger partial charge in [0.1, 0.15) is 4.83 Å². The predicted octanol–water partition coefficient (Wildman–Crippen LogP) is 3.96. The number of hydrogen-bond acceptors (Lipinski definition) is 6. The summed E-state index contributed by atoms with van der Waals surface area (Å²) in [4.78, 5) is 43.7. The number of nitrogens with one attached hydrogen (secondary N) is 1. The normalized spacial score (nSPS) is 14.3. The van der Waals surface area contributed by atoms with E-state index in [1.807, 2.05) is 19.1 Å². The molecule has 0 saturated heterocycles. The number of primary amides is 1. The molecule has 1 atom stereocenters. The van der Waals surface area contributed by atoms with Crippen LogP contribution in [0.4, 0.5) is 4.79 Å². The summed E-state index contributed by atoms with van der Waals surface area (Å²) in [6, 6.07) is 4.46. The zero-order valence-corrected chi connectivity index (χ0v) is 19.4. The average Bonchev–Trinajstić information content (AvgIpc) is 3.08. The Morgan fingerprint density at radius 1 is 1.32 bits per heavy atom. The van der Waals surface area contributed by atoms with Crippen molar-refractivity contribution in [2.75, 3.05) is 0 Å². The fourth-order valence-corrected chi connectivity index (χ4v) is 6.05. The third-order valence-electron chi connectivity index (χ3n) is 5.27. The van der Waals surface area contributed by atoms with Crippen molar-refractivity contribution in [1.29, 1.82) is 0 Å². The topological polar surface area (TPSA) is 107 Å². The van der Waals surface area contributed by atoms with Crippen LogP contribution >= 0.6 is 34.7 Å². The van der Waals surface area contributed by atoms with Crippen molar-refractivity contribution >= 4 is 56.9 Å². The van der Waals surface area contributed by atoms with Crippen molar-refractivity contribution in [3.8, 4) is 5.69 Å². The van der Waals surface area contributed by atoms with E-state index in [9.17, 15) is 14.4 Å². The molecular weight excluding hydrogens is 456 g/mol. The number of thiophene rings is 1. The highest BCUT2D eigenvalue weighted by atomic mass is 35.5. The van der Waals surface area contributed by atoms with Crippen molar-refractivity contribution in [3.63, 3.8) is 0 Å². The van der Waals surface area contributed by atoms with Crippen LogP contribution in [0.1, 0.15) is 35.8 Å². The Morgan fingerprint density at radius 2 is 2.06 bits per heavy atom. The molecule has 0 saturated carbocycles. The van der Waals surface area contributed by atoms with E-state index in [4.69, 9.17) is 22.3 Å². The fourth-order valence-electron chi connectivity index (χ4n) is 3.65. The maximum Gasteiger partial charge on any atom is 0.318 e. The van der Waals surface area contributed by atoms with Crippen LogP contribution in [0, 0.1) is 6.92 Å². The molecule has 0 aliphatic heterocycles. The lowest BCUT2D eigenvalue weighted by molar-refractivity contribution is -0.119. The van der Waals surface area contributed by atoms with Gasteiger partial charge in [-0.05, 0) is 62.8 Å². The van der Waals surface area contributed by atoms with Gasteiger partial charge in [-0.1, -0.05) is 29.4 Å². The smallest absolute Gasteiger partial charge is 0.318 e. The summed E-state index contributed by atoms with van der Waals surface area (Å²) in [5.74, 6) is -0.550. The molecule has 1 aliphatic carbocycles. The lowest BCUT2D eigenvalue weighted by Crippen LogP contribution is -2.39. The summed E-state index contributed by atoms with van der Waals surface area (Å²) in [6.45, 7) is 3.52. The van der Waals surface area contributed by atoms with Gasteiger partial charge >= 0.3 is 6.03 Å². The third kappa shape index (κ3) is 4.22.